The third-order valence-electron chi connectivity index (χ3n) is 3.29. The number of rotatable bonds is 4. The molecule has 0 radical (unpaired) electrons. The SMILES string of the molecule is CCOc1ccc(N=C2NC(=O)/C(=C\c3cccn3C)S2)cc1. The van der Waals surface area contributed by atoms with Crippen molar-refractivity contribution in [1.82, 2.24) is 9.88 Å². The van der Waals surface area contributed by atoms with E-state index in [1.807, 2.05) is 67.2 Å². The largest absolute Gasteiger partial charge is 0.494 e. The number of hydrogen-bond donors (Lipinski definition) is 1. The maximum absolute atomic E-state index is 12.0. The Hall–Kier alpha value is -2.47. The van der Waals surface area contributed by atoms with Gasteiger partial charge in [0, 0.05) is 18.9 Å². The lowest BCUT2D eigenvalue weighted by atomic mass is 10.3. The first kappa shape index (κ1) is 15.4. The van der Waals surface area contributed by atoms with E-state index in [-0.39, 0.29) is 5.91 Å². The Morgan fingerprint density at radius 3 is 2.74 bits per heavy atom. The summed E-state index contributed by atoms with van der Waals surface area (Å²) in [5, 5.41) is 3.37. The highest BCUT2D eigenvalue weighted by Crippen LogP contribution is 2.28. The second-order valence-corrected chi connectivity index (χ2v) is 5.98. The monoisotopic (exact) mass is 327 g/mol. The van der Waals surface area contributed by atoms with Gasteiger partial charge in [-0.3, -0.25) is 4.79 Å². The van der Waals surface area contributed by atoms with Gasteiger partial charge in [-0.2, -0.15) is 0 Å². The minimum Gasteiger partial charge on any atom is -0.494 e. The lowest BCUT2D eigenvalue weighted by Crippen LogP contribution is -2.19. The van der Waals surface area contributed by atoms with Crippen molar-refractivity contribution in [3.05, 3.63) is 53.2 Å². The van der Waals surface area contributed by atoms with Gasteiger partial charge in [0.2, 0.25) is 0 Å². The van der Waals surface area contributed by atoms with Gasteiger partial charge in [-0.05, 0) is 61.2 Å². The Balaban J connectivity index is 1.76. The Kier molecular flexibility index (Phi) is 4.52. The normalized spacial score (nSPS) is 17.7. The van der Waals surface area contributed by atoms with Gasteiger partial charge in [-0.1, -0.05) is 0 Å². The van der Waals surface area contributed by atoms with Crippen molar-refractivity contribution < 1.29 is 9.53 Å². The molecule has 118 valence electrons. The topological polar surface area (TPSA) is 55.6 Å². The van der Waals surface area contributed by atoms with Gasteiger partial charge in [0.05, 0.1) is 17.2 Å². The standard InChI is InChI=1S/C17H17N3O2S/c1-3-22-14-8-6-12(7-9-14)18-17-19-16(21)15(23-17)11-13-5-4-10-20(13)2/h4-11H,3H2,1-2H3,(H,18,19,21)/b15-11+. The van der Waals surface area contributed by atoms with E-state index in [0.29, 0.717) is 16.7 Å². The molecule has 1 aliphatic heterocycles. The van der Waals surface area contributed by atoms with Crippen molar-refractivity contribution in [3.8, 4) is 5.75 Å². The number of aliphatic imine (C=N–C) groups is 1. The zero-order chi connectivity index (χ0) is 16.2. The third kappa shape index (κ3) is 3.65. The molecule has 3 rings (SSSR count). The summed E-state index contributed by atoms with van der Waals surface area (Å²) in [5.41, 5.74) is 1.75. The van der Waals surface area contributed by atoms with Crippen LogP contribution in [0, 0.1) is 0 Å². The van der Waals surface area contributed by atoms with E-state index in [1.165, 1.54) is 11.8 Å². The first-order valence-electron chi connectivity index (χ1n) is 7.29. The van der Waals surface area contributed by atoms with Crippen LogP contribution in [0.4, 0.5) is 5.69 Å². The summed E-state index contributed by atoms with van der Waals surface area (Å²) in [5.74, 6) is 0.685. The number of aromatic nitrogens is 1. The molecule has 0 unspecified atom stereocenters. The second kappa shape index (κ2) is 6.75. The molecule has 2 aromatic rings. The number of benzene rings is 1. The first-order chi connectivity index (χ1) is 11.2. The zero-order valence-electron chi connectivity index (χ0n) is 12.9. The van der Waals surface area contributed by atoms with E-state index in [2.05, 4.69) is 10.3 Å². The molecule has 1 amide bonds. The minimum atomic E-state index is -0.124. The maximum Gasteiger partial charge on any atom is 0.264 e. The van der Waals surface area contributed by atoms with Gasteiger partial charge < -0.3 is 14.6 Å². The molecule has 6 heteroatoms. The zero-order valence-corrected chi connectivity index (χ0v) is 13.8. The highest BCUT2D eigenvalue weighted by atomic mass is 32.2. The van der Waals surface area contributed by atoms with Gasteiger partial charge in [-0.25, -0.2) is 4.99 Å². The highest BCUT2D eigenvalue weighted by Gasteiger charge is 2.24. The Labute approximate surface area is 139 Å². The molecular formula is C17H17N3O2S. The van der Waals surface area contributed by atoms with Crippen molar-refractivity contribution >= 4 is 34.6 Å². The molecule has 5 nitrogen and oxygen atoms in total. The number of carbonyl (C=O) groups is 1. The molecule has 0 spiro atoms. The summed E-state index contributed by atoms with van der Waals surface area (Å²) in [4.78, 5) is 17.1. The lowest BCUT2D eigenvalue weighted by molar-refractivity contribution is -0.115. The molecule has 1 aromatic heterocycles. The minimum absolute atomic E-state index is 0.124. The van der Waals surface area contributed by atoms with Gasteiger partial charge >= 0.3 is 0 Å². The summed E-state index contributed by atoms with van der Waals surface area (Å²) in [7, 11) is 1.94. The molecule has 1 aromatic carbocycles. The van der Waals surface area contributed by atoms with Crippen molar-refractivity contribution in [1.29, 1.82) is 0 Å². The molecule has 1 N–H and O–H groups in total. The summed E-state index contributed by atoms with van der Waals surface area (Å²) in [6.07, 6.45) is 3.81. The number of ether oxygens (including phenoxy) is 1. The predicted molar refractivity (Wildman–Crippen MR) is 93.8 cm³/mol. The molecule has 2 heterocycles. The number of amides is 1. The van der Waals surface area contributed by atoms with Gasteiger partial charge in [-0.15, -0.1) is 0 Å². The van der Waals surface area contributed by atoms with Crippen molar-refractivity contribution in [2.24, 2.45) is 12.0 Å². The molecular weight excluding hydrogens is 310 g/mol. The quantitative estimate of drug-likeness (QED) is 0.877. The smallest absolute Gasteiger partial charge is 0.264 e. The van der Waals surface area contributed by atoms with Crippen LogP contribution in [0.1, 0.15) is 12.6 Å². The molecule has 0 saturated carbocycles. The number of hydrogen-bond acceptors (Lipinski definition) is 4. The fourth-order valence-corrected chi connectivity index (χ4v) is 2.97. The van der Waals surface area contributed by atoms with E-state index >= 15 is 0 Å². The van der Waals surface area contributed by atoms with Crippen LogP contribution in [0.15, 0.2) is 52.5 Å². The number of aryl methyl sites for hydroxylation is 1. The first-order valence-corrected chi connectivity index (χ1v) is 8.11. The summed E-state index contributed by atoms with van der Waals surface area (Å²) >= 11 is 1.34. The molecule has 23 heavy (non-hydrogen) atoms. The Bertz CT molecular complexity index is 775. The fourth-order valence-electron chi connectivity index (χ4n) is 2.14. The van der Waals surface area contributed by atoms with Crippen LogP contribution in [0.5, 0.6) is 5.75 Å². The molecule has 1 fully saturated rings. The number of thioether (sulfide) groups is 1. The lowest BCUT2D eigenvalue weighted by Gasteiger charge is -2.02. The van der Waals surface area contributed by atoms with Gasteiger partial charge in [0.25, 0.3) is 5.91 Å². The van der Waals surface area contributed by atoms with Crippen LogP contribution < -0.4 is 10.1 Å². The number of nitrogens with zero attached hydrogens (tertiary/aromatic N) is 2. The van der Waals surface area contributed by atoms with E-state index in [1.54, 1.807) is 0 Å². The van der Waals surface area contributed by atoms with Crippen molar-refractivity contribution in [2.45, 2.75) is 6.92 Å². The van der Waals surface area contributed by atoms with Gasteiger partial charge in [0.15, 0.2) is 5.17 Å². The maximum atomic E-state index is 12.0. The molecule has 0 aliphatic carbocycles. The van der Waals surface area contributed by atoms with Crippen LogP contribution in [0.3, 0.4) is 0 Å². The molecule has 1 aliphatic rings. The van der Waals surface area contributed by atoms with Gasteiger partial charge in [0.1, 0.15) is 5.75 Å². The highest BCUT2D eigenvalue weighted by molar-refractivity contribution is 8.18. The van der Waals surface area contributed by atoms with E-state index in [0.717, 1.165) is 17.1 Å². The Morgan fingerprint density at radius 1 is 1.30 bits per heavy atom. The van der Waals surface area contributed by atoms with Crippen LogP contribution in [0.25, 0.3) is 6.08 Å². The van der Waals surface area contributed by atoms with Crippen LogP contribution in [0.2, 0.25) is 0 Å². The third-order valence-corrected chi connectivity index (χ3v) is 4.20. The van der Waals surface area contributed by atoms with Crippen LogP contribution >= 0.6 is 11.8 Å². The number of nitrogens with one attached hydrogen (secondary N) is 1. The summed E-state index contributed by atoms with van der Waals surface area (Å²) in [6.45, 7) is 2.58. The summed E-state index contributed by atoms with van der Waals surface area (Å²) in [6, 6.07) is 11.4. The fraction of sp³-hybridized carbons (Fsp3) is 0.176. The average Bonchev–Trinajstić information content (AvgIpc) is 3.08. The van der Waals surface area contributed by atoms with Crippen LogP contribution in [-0.2, 0) is 11.8 Å². The van der Waals surface area contributed by atoms with E-state index in [9.17, 15) is 4.79 Å². The predicted octanol–water partition coefficient (Wildman–Crippen LogP) is 3.32. The molecule has 1 saturated heterocycles. The summed E-state index contributed by atoms with van der Waals surface area (Å²) < 4.78 is 7.36. The molecule has 0 atom stereocenters. The number of amidine groups is 1. The molecule has 0 bridgehead atoms. The van der Waals surface area contributed by atoms with Crippen LogP contribution in [-0.4, -0.2) is 22.2 Å². The average molecular weight is 327 g/mol. The van der Waals surface area contributed by atoms with E-state index < -0.39 is 0 Å². The number of carbonyl (C=O) groups excluding carboxylic acids is 1. The second-order valence-electron chi connectivity index (χ2n) is 4.95. The van der Waals surface area contributed by atoms with Crippen molar-refractivity contribution in [2.75, 3.05) is 6.61 Å². The van der Waals surface area contributed by atoms with E-state index in [4.69, 9.17) is 4.74 Å². The van der Waals surface area contributed by atoms with Crippen molar-refractivity contribution in [3.63, 3.8) is 0 Å². The Morgan fingerprint density at radius 2 is 2.09 bits per heavy atom.